The molecule has 7 heteroatoms. The summed E-state index contributed by atoms with van der Waals surface area (Å²) in [6.45, 7) is 9.19. The van der Waals surface area contributed by atoms with Crippen molar-refractivity contribution in [2.24, 2.45) is 0 Å². The van der Waals surface area contributed by atoms with E-state index >= 15 is 0 Å². The highest BCUT2D eigenvalue weighted by atomic mass is 16.5. The molecule has 1 aromatic carbocycles. The van der Waals surface area contributed by atoms with Crippen LogP contribution in [-0.2, 0) is 29.1 Å². The third-order valence-corrected chi connectivity index (χ3v) is 4.40. The molecule has 0 aliphatic heterocycles. The van der Waals surface area contributed by atoms with Crippen LogP contribution in [0.4, 0.5) is 0 Å². The van der Waals surface area contributed by atoms with Gasteiger partial charge in [-0.05, 0) is 52.9 Å². The Bertz CT molecular complexity index is 911. The first-order chi connectivity index (χ1) is 12.5. The Morgan fingerprint density at radius 2 is 2.15 bits per heavy atom. The summed E-state index contributed by atoms with van der Waals surface area (Å²) >= 11 is 0. The summed E-state index contributed by atoms with van der Waals surface area (Å²) in [4.78, 5) is 12.3. The highest BCUT2D eigenvalue weighted by molar-refractivity contribution is 5.87. The summed E-state index contributed by atoms with van der Waals surface area (Å²) in [6, 6.07) is 4.14. The molecule has 0 aliphatic carbocycles. The highest BCUT2D eigenvalue weighted by Gasteiger charge is 2.15. The monoisotopic (exact) mass is 356 g/mol. The topological polar surface area (TPSA) is 83.0 Å². The van der Waals surface area contributed by atoms with Crippen molar-refractivity contribution < 1.29 is 13.9 Å². The van der Waals surface area contributed by atoms with Gasteiger partial charge in [-0.1, -0.05) is 20.8 Å². The largest absolute Gasteiger partial charge is 0.464 e. The molecule has 138 valence electrons. The maximum atomic E-state index is 12.3. The highest BCUT2D eigenvalue weighted by Crippen LogP contribution is 2.29. The quantitative estimate of drug-likeness (QED) is 0.602. The van der Waals surface area contributed by atoms with Crippen molar-refractivity contribution in [3.63, 3.8) is 0 Å². The van der Waals surface area contributed by atoms with Crippen LogP contribution in [0, 0.1) is 6.92 Å². The first kappa shape index (κ1) is 18.1. The first-order valence-corrected chi connectivity index (χ1v) is 8.90. The van der Waals surface area contributed by atoms with Crippen LogP contribution in [0.25, 0.3) is 11.0 Å². The van der Waals surface area contributed by atoms with E-state index < -0.39 is 0 Å². The number of benzene rings is 1. The number of fused-ring (bicyclic) bond motifs is 1. The van der Waals surface area contributed by atoms with Crippen molar-refractivity contribution in [3.05, 3.63) is 40.9 Å². The van der Waals surface area contributed by atoms with Crippen molar-refractivity contribution in [3.8, 4) is 0 Å². The van der Waals surface area contributed by atoms with Gasteiger partial charge in [0.15, 0.2) is 12.4 Å². The van der Waals surface area contributed by atoms with Crippen LogP contribution in [0.3, 0.4) is 0 Å². The molecule has 0 fully saturated rings. The van der Waals surface area contributed by atoms with E-state index in [1.165, 1.54) is 11.1 Å². The molecule has 7 nitrogen and oxygen atoms in total. The lowest BCUT2D eigenvalue weighted by Crippen LogP contribution is -2.12. The Balaban J connectivity index is 1.71. The number of aryl methyl sites for hydroxylation is 2. The van der Waals surface area contributed by atoms with E-state index in [9.17, 15) is 4.79 Å². The van der Waals surface area contributed by atoms with Crippen molar-refractivity contribution in [1.82, 2.24) is 20.2 Å². The minimum absolute atomic E-state index is 0.0674. The minimum Gasteiger partial charge on any atom is -0.464 e. The fraction of sp³-hybridized carbons (Fsp3) is 0.474. The van der Waals surface area contributed by atoms with Gasteiger partial charge in [0.25, 0.3) is 0 Å². The molecular weight excluding hydrogens is 332 g/mol. The molecule has 0 saturated carbocycles. The number of hydrogen-bond donors (Lipinski definition) is 0. The van der Waals surface area contributed by atoms with Crippen LogP contribution in [0.2, 0.25) is 0 Å². The van der Waals surface area contributed by atoms with Gasteiger partial charge < -0.3 is 9.15 Å². The number of aromatic nitrogens is 4. The lowest BCUT2D eigenvalue weighted by molar-refractivity contribution is -0.144. The average Bonchev–Trinajstić information content (AvgIpc) is 3.19. The molecule has 26 heavy (non-hydrogen) atoms. The van der Waals surface area contributed by atoms with Crippen LogP contribution >= 0.6 is 0 Å². The van der Waals surface area contributed by atoms with Crippen LogP contribution in [0.1, 0.15) is 55.6 Å². The molecule has 3 rings (SSSR count). The molecule has 0 unspecified atom stereocenters. The number of ether oxygens (including phenoxy) is 1. The SMILES string of the molecule is CCCn1nnnc1COC(=O)Cc1coc2cc(C)c(C(C)C)cc12. The third kappa shape index (κ3) is 3.76. The zero-order valence-electron chi connectivity index (χ0n) is 15.7. The van der Waals surface area contributed by atoms with Crippen LogP contribution in [-0.4, -0.2) is 26.2 Å². The minimum atomic E-state index is -0.328. The average molecular weight is 356 g/mol. The summed E-state index contributed by atoms with van der Waals surface area (Å²) < 4.78 is 12.6. The van der Waals surface area contributed by atoms with Crippen LogP contribution in [0.5, 0.6) is 0 Å². The third-order valence-electron chi connectivity index (χ3n) is 4.40. The summed E-state index contributed by atoms with van der Waals surface area (Å²) in [6.07, 6.45) is 2.70. The smallest absolute Gasteiger partial charge is 0.310 e. The number of nitrogens with zero attached hydrogens (tertiary/aromatic N) is 4. The van der Waals surface area contributed by atoms with Crippen molar-refractivity contribution in [2.45, 2.75) is 59.6 Å². The molecule has 0 amide bonds. The number of rotatable bonds is 7. The van der Waals surface area contributed by atoms with E-state index in [1.807, 2.05) is 13.0 Å². The van der Waals surface area contributed by atoms with Gasteiger partial charge in [0.2, 0.25) is 0 Å². The van der Waals surface area contributed by atoms with Crippen molar-refractivity contribution >= 4 is 16.9 Å². The number of esters is 1. The lowest BCUT2D eigenvalue weighted by Gasteiger charge is -2.10. The number of carbonyl (C=O) groups is 1. The molecule has 3 aromatic rings. The molecule has 0 aliphatic rings. The molecule has 2 heterocycles. The Hall–Kier alpha value is -2.70. The fourth-order valence-electron chi connectivity index (χ4n) is 3.07. The van der Waals surface area contributed by atoms with Gasteiger partial charge in [0.05, 0.1) is 12.7 Å². The zero-order chi connectivity index (χ0) is 18.7. The maximum Gasteiger partial charge on any atom is 0.310 e. The van der Waals surface area contributed by atoms with Gasteiger partial charge >= 0.3 is 5.97 Å². The molecular formula is C19H24N4O3. The van der Waals surface area contributed by atoms with E-state index in [0.717, 1.165) is 23.0 Å². The molecule has 0 bridgehead atoms. The second-order valence-electron chi connectivity index (χ2n) is 6.78. The van der Waals surface area contributed by atoms with Gasteiger partial charge in [0.1, 0.15) is 5.58 Å². The summed E-state index contributed by atoms with van der Waals surface area (Å²) in [7, 11) is 0. The van der Waals surface area contributed by atoms with Gasteiger partial charge in [-0.25, -0.2) is 4.68 Å². The normalized spacial score (nSPS) is 11.4. The predicted molar refractivity (Wildman–Crippen MR) is 96.6 cm³/mol. The van der Waals surface area contributed by atoms with E-state index in [-0.39, 0.29) is 19.0 Å². The lowest BCUT2D eigenvalue weighted by atomic mass is 9.95. The molecule has 0 N–H and O–H groups in total. The van der Waals surface area contributed by atoms with Crippen molar-refractivity contribution in [1.29, 1.82) is 0 Å². The Morgan fingerprint density at radius 1 is 1.35 bits per heavy atom. The van der Waals surface area contributed by atoms with E-state index in [4.69, 9.17) is 9.15 Å². The number of hydrogen-bond acceptors (Lipinski definition) is 6. The van der Waals surface area contributed by atoms with Crippen molar-refractivity contribution in [2.75, 3.05) is 0 Å². The molecule has 0 spiro atoms. The van der Waals surface area contributed by atoms with Gasteiger partial charge in [0, 0.05) is 17.5 Å². The standard InChI is InChI=1S/C19H24N4O3/c1-5-6-23-18(20-21-22-23)11-26-19(24)8-14-10-25-17-7-13(4)15(12(2)3)9-16(14)17/h7,9-10,12H,5-6,8,11H2,1-4H3. The molecule has 0 radical (unpaired) electrons. The number of furan rings is 1. The molecule has 0 saturated heterocycles. The summed E-state index contributed by atoms with van der Waals surface area (Å²) in [5.41, 5.74) is 4.08. The van der Waals surface area contributed by atoms with E-state index in [2.05, 4.69) is 42.4 Å². The Kier molecular flexibility index (Phi) is 5.35. The second-order valence-corrected chi connectivity index (χ2v) is 6.78. The summed E-state index contributed by atoms with van der Waals surface area (Å²) in [5, 5.41) is 12.4. The van der Waals surface area contributed by atoms with E-state index in [0.29, 0.717) is 18.3 Å². The maximum absolute atomic E-state index is 12.3. The molecule has 2 aromatic heterocycles. The van der Waals surface area contributed by atoms with Gasteiger partial charge in [-0.15, -0.1) is 5.10 Å². The molecule has 0 atom stereocenters. The Labute approximate surface area is 152 Å². The van der Waals surface area contributed by atoms with Crippen LogP contribution < -0.4 is 0 Å². The van der Waals surface area contributed by atoms with Crippen LogP contribution in [0.15, 0.2) is 22.8 Å². The summed E-state index contributed by atoms with van der Waals surface area (Å²) in [5.74, 6) is 0.631. The number of tetrazole rings is 1. The predicted octanol–water partition coefficient (Wildman–Crippen LogP) is 3.55. The van der Waals surface area contributed by atoms with E-state index in [1.54, 1.807) is 10.9 Å². The fourth-order valence-corrected chi connectivity index (χ4v) is 3.07. The second kappa shape index (κ2) is 7.68. The van der Waals surface area contributed by atoms with Gasteiger partial charge in [-0.2, -0.15) is 0 Å². The van der Waals surface area contributed by atoms with Gasteiger partial charge in [-0.3, -0.25) is 4.79 Å². The zero-order valence-corrected chi connectivity index (χ0v) is 15.7. The Morgan fingerprint density at radius 3 is 2.88 bits per heavy atom. The number of carbonyl (C=O) groups excluding carboxylic acids is 1. The first-order valence-electron chi connectivity index (χ1n) is 8.90.